The van der Waals surface area contributed by atoms with Crippen LogP contribution in [0.2, 0.25) is 0 Å². The van der Waals surface area contributed by atoms with Gasteiger partial charge < -0.3 is 10.1 Å². The molecule has 0 aromatic heterocycles. The Labute approximate surface area is 112 Å². The van der Waals surface area contributed by atoms with Crippen LogP contribution in [0.25, 0.3) is 0 Å². The van der Waals surface area contributed by atoms with Gasteiger partial charge in [-0.3, -0.25) is 0 Å². The summed E-state index contributed by atoms with van der Waals surface area (Å²) < 4.78 is 5.68. The monoisotopic (exact) mass is 249 g/mol. The molecule has 1 unspecified atom stereocenters. The van der Waals surface area contributed by atoms with Crippen molar-refractivity contribution in [2.75, 3.05) is 13.2 Å². The molecular weight excluding hydrogens is 222 g/mol. The molecular formula is C16H27NO. The molecule has 0 radical (unpaired) electrons. The summed E-state index contributed by atoms with van der Waals surface area (Å²) >= 11 is 0. The Morgan fingerprint density at radius 2 is 1.78 bits per heavy atom. The van der Waals surface area contributed by atoms with Crippen molar-refractivity contribution in [3.8, 4) is 5.75 Å². The average molecular weight is 249 g/mol. The van der Waals surface area contributed by atoms with Gasteiger partial charge in [0, 0.05) is 6.04 Å². The van der Waals surface area contributed by atoms with Crippen molar-refractivity contribution in [2.45, 2.75) is 52.5 Å². The molecule has 0 amide bonds. The molecule has 0 aliphatic heterocycles. The van der Waals surface area contributed by atoms with E-state index in [1.807, 2.05) is 0 Å². The van der Waals surface area contributed by atoms with Crippen LogP contribution < -0.4 is 10.1 Å². The first-order valence-corrected chi connectivity index (χ1v) is 7.27. The van der Waals surface area contributed by atoms with Gasteiger partial charge in [0.05, 0.1) is 6.61 Å². The van der Waals surface area contributed by atoms with Crippen molar-refractivity contribution in [3.63, 3.8) is 0 Å². The van der Waals surface area contributed by atoms with E-state index in [2.05, 4.69) is 50.4 Å². The molecule has 102 valence electrons. The minimum atomic E-state index is 0.477. The van der Waals surface area contributed by atoms with Gasteiger partial charge in [-0.1, -0.05) is 45.7 Å². The zero-order valence-corrected chi connectivity index (χ0v) is 12.0. The maximum Gasteiger partial charge on any atom is 0.119 e. The number of ether oxygens (including phenoxy) is 1. The van der Waals surface area contributed by atoms with Crippen LogP contribution in [0.4, 0.5) is 0 Å². The van der Waals surface area contributed by atoms with E-state index >= 15 is 0 Å². The van der Waals surface area contributed by atoms with Gasteiger partial charge in [-0.15, -0.1) is 0 Å². The Morgan fingerprint density at radius 3 is 2.33 bits per heavy atom. The normalized spacial score (nSPS) is 12.4. The number of hydrogen-bond donors (Lipinski definition) is 1. The summed E-state index contributed by atoms with van der Waals surface area (Å²) in [6, 6.07) is 9.02. The quantitative estimate of drug-likeness (QED) is 0.658. The lowest BCUT2D eigenvalue weighted by Crippen LogP contribution is -2.20. The minimum absolute atomic E-state index is 0.477. The maximum atomic E-state index is 5.68. The predicted molar refractivity (Wildman–Crippen MR) is 78.2 cm³/mol. The van der Waals surface area contributed by atoms with Crippen LogP contribution in [0, 0.1) is 0 Å². The van der Waals surface area contributed by atoms with Crippen LogP contribution in [0.1, 0.15) is 58.1 Å². The van der Waals surface area contributed by atoms with Crippen LogP contribution in [-0.2, 0) is 0 Å². The summed E-state index contributed by atoms with van der Waals surface area (Å²) in [6.07, 6.45) is 4.69. The van der Waals surface area contributed by atoms with E-state index < -0.39 is 0 Å². The molecule has 0 aliphatic rings. The fourth-order valence-electron chi connectivity index (χ4n) is 2.05. The highest BCUT2D eigenvalue weighted by atomic mass is 16.5. The Bertz CT molecular complexity index is 301. The van der Waals surface area contributed by atoms with Crippen molar-refractivity contribution in [1.29, 1.82) is 0 Å². The van der Waals surface area contributed by atoms with Gasteiger partial charge in [0.25, 0.3) is 0 Å². The van der Waals surface area contributed by atoms with Crippen molar-refractivity contribution < 1.29 is 4.74 Å². The molecule has 1 aromatic rings. The lowest BCUT2D eigenvalue weighted by Gasteiger charge is -2.18. The van der Waals surface area contributed by atoms with Gasteiger partial charge in [-0.25, -0.2) is 0 Å². The predicted octanol–water partition coefficient (Wildman–Crippen LogP) is 4.32. The van der Waals surface area contributed by atoms with Gasteiger partial charge in [-0.2, -0.15) is 0 Å². The largest absolute Gasteiger partial charge is 0.494 e. The smallest absolute Gasteiger partial charge is 0.119 e. The second-order valence-electron chi connectivity index (χ2n) is 4.67. The van der Waals surface area contributed by atoms with E-state index in [1.54, 1.807) is 0 Å². The maximum absolute atomic E-state index is 5.68. The number of nitrogens with one attached hydrogen (secondary N) is 1. The van der Waals surface area contributed by atoms with E-state index in [-0.39, 0.29) is 0 Å². The van der Waals surface area contributed by atoms with Gasteiger partial charge in [-0.05, 0) is 37.1 Å². The molecule has 0 bridgehead atoms. The van der Waals surface area contributed by atoms with Crippen LogP contribution in [0.3, 0.4) is 0 Å². The lowest BCUT2D eigenvalue weighted by atomic mass is 10.0. The zero-order valence-electron chi connectivity index (χ0n) is 12.0. The molecule has 0 spiro atoms. The second kappa shape index (κ2) is 8.98. The Balaban J connectivity index is 2.56. The fourth-order valence-corrected chi connectivity index (χ4v) is 2.05. The first-order valence-electron chi connectivity index (χ1n) is 7.27. The molecule has 2 nitrogen and oxygen atoms in total. The molecule has 0 heterocycles. The van der Waals surface area contributed by atoms with Gasteiger partial charge in [0.1, 0.15) is 5.75 Å². The van der Waals surface area contributed by atoms with Crippen LogP contribution in [0.15, 0.2) is 24.3 Å². The summed E-state index contributed by atoms with van der Waals surface area (Å²) in [5.41, 5.74) is 1.36. The van der Waals surface area contributed by atoms with E-state index in [0.29, 0.717) is 6.04 Å². The number of hydrogen-bond acceptors (Lipinski definition) is 2. The molecule has 1 N–H and O–H groups in total. The fraction of sp³-hybridized carbons (Fsp3) is 0.625. The molecule has 1 rings (SSSR count). The highest BCUT2D eigenvalue weighted by molar-refractivity contribution is 5.29. The van der Waals surface area contributed by atoms with Gasteiger partial charge in [0.15, 0.2) is 0 Å². The minimum Gasteiger partial charge on any atom is -0.494 e. The first-order chi connectivity index (χ1) is 8.81. The molecule has 1 atom stereocenters. The summed E-state index contributed by atoms with van der Waals surface area (Å²) in [7, 11) is 0. The number of benzene rings is 1. The highest BCUT2D eigenvalue weighted by Crippen LogP contribution is 2.21. The van der Waals surface area contributed by atoms with Crippen molar-refractivity contribution in [1.82, 2.24) is 5.32 Å². The Morgan fingerprint density at radius 1 is 1.06 bits per heavy atom. The first kappa shape index (κ1) is 15.0. The third kappa shape index (κ3) is 5.09. The molecule has 1 aromatic carbocycles. The number of unbranched alkanes of at least 4 members (excludes halogenated alkanes) is 1. The van der Waals surface area contributed by atoms with Gasteiger partial charge >= 0.3 is 0 Å². The third-order valence-electron chi connectivity index (χ3n) is 3.08. The standard InChI is InChI=1S/C16H27NO/c1-4-7-13-18-15-11-9-14(10-12-15)16(8-5-2)17-6-3/h9-12,16-17H,4-8,13H2,1-3H3. The van der Waals surface area contributed by atoms with E-state index in [0.717, 1.165) is 25.3 Å². The van der Waals surface area contributed by atoms with E-state index in [1.165, 1.54) is 24.8 Å². The van der Waals surface area contributed by atoms with Gasteiger partial charge in [0.2, 0.25) is 0 Å². The van der Waals surface area contributed by atoms with Crippen molar-refractivity contribution >= 4 is 0 Å². The summed E-state index contributed by atoms with van der Waals surface area (Å²) in [6.45, 7) is 8.40. The summed E-state index contributed by atoms with van der Waals surface area (Å²) in [5.74, 6) is 0.985. The number of rotatable bonds is 9. The van der Waals surface area contributed by atoms with Crippen molar-refractivity contribution in [3.05, 3.63) is 29.8 Å². The molecule has 0 saturated heterocycles. The molecule has 0 aliphatic carbocycles. The van der Waals surface area contributed by atoms with Crippen LogP contribution >= 0.6 is 0 Å². The summed E-state index contributed by atoms with van der Waals surface area (Å²) in [5, 5.41) is 3.53. The topological polar surface area (TPSA) is 21.3 Å². The molecule has 2 heteroatoms. The van der Waals surface area contributed by atoms with E-state index in [4.69, 9.17) is 4.74 Å². The third-order valence-corrected chi connectivity index (χ3v) is 3.08. The molecule has 0 saturated carbocycles. The molecule has 18 heavy (non-hydrogen) atoms. The second-order valence-corrected chi connectivity index (χ2v) is 4.67. The van der Waals surface area contributed by atoms with E-state index in [9.17, 15) is 0 Å². The van der Waals surface area contributed by atoms with Crippen LogP contribution in [0.5, 0.6) is 5.75 Å². The average Bonchev–Trinajstić information content (AvgIpc) is 2.40. The highest BCUT2D eigenvalue weighted by Gasteiger charge is 2.08. The Kier molecular flexibility index (Phi) is 7.51. The SMILES string of the molecule is CCCCOc1ccc(C(CCC)NCC)cc1. The Hall–Kier alpha value is -1.02. The van der Waals surface area contributed by atoms with Crippen molar-refractivity contribution in [2.24, 2.45) is 0 Å². The molecule has 0 fully saturated rings. The van der Waals surface area contributed by atoms with Crippen LogP contribution in [-0.4, -0.2) is 13.2 Å². The zero-order chi connectivity index (χ0) is 13.2. The summed E-state index contributed by atoms with van der Waals surface area (Å²) in [4.78, 5) is 0. The lowest BCUT2D eigenvalue weighted by molar-refractivity contribution is 0.309.